The van der Waals surface area contributed by atoms with Crippen molar-refractivity contribution in [3.8, 4) is 0 Å². The first-order valence-electron chi connectivity index (χ1n) is 8.35. The summed E-state index contributed by atoms with van der Waals surface area (Å²) in [4.78, 5) is 19.9. The van der Waals surface area contributed by atoms with Gasteiger partial charge in [-0.2, -0.15) is 4.98 Å². The van der Waals surface area contributed by atoms with Gasteiger partial charge in [-0.3, -0.25) is 4.79 Å². The lowest BCUT2D eigenvalue weighted by molar-refractivity contribution is -0.114. The highest BCUT2D eigenvalue weighted by molar-refractivity contribution is 5.89. The zero-order chi connectivity index (χ0) is 18.4. The van der Waals surface area contributed by atoms with Gasteiger partial charge in [0.1, 0.15) is 5.82 Å². The van der Waals surface area contributed by atoms with E-state index in [1.807, 2.05) is 30.3 Å². The van der Waals surface area contributed by atoms with Crippen LogP contribution in [0.4, 0.5) is 23.1 Å². The van der Waals surface area contributed by atoms with Crippen LogP contribution >= 0.6 is 0 Å². The summed E-state index contributed by atoms with van der Waals surface area (Å²) in [5.74, 6) is 1.11. The Morgan fingerprint density at radius 2 is 1.81 bits per heavy atom. The lowest BCUT2D eigenvalue weighted by Gasteiger charge is -2.10. The largest absolute Gasteiger partial charge is 0.366 e. The van der Waals surface area contributed by atoms with Crippen LogP contribution in [0.1, 0.15) is 18.1 Å². The van der Waals surface area contributed by atoms with Gasteiger partial charge in [-0.05, 0) is 36.8 Å². The minimum atomic E-state index is -0.110. The number of nitrogens with one attached hydrogen (secondary N) is 3. The van der Waals surface area contributed by atoms with Crippen molar-refractivity contribution in [1.29, 1.82) is 0 Å². The minimum Gasteiger partial charge on any atom is -0.366 e. The third kappa shape index (κ3) is 5.04. The third-order valence-electron chi connectivity index (χ3n) is 3.69. The van der Waals surface area contributed by atoms with Crippen molar-refractivity contribution < 1.29 is 4.79 Å². The number of anilines is 4. The standard InChI is InChI=1S/C20H21N5O/c1-14-6-8-16(9-7-14)13-22-19-10-11-21-20(25-19)24-18-5-3-4-17(12-18)23-15(2)26/h3-12H,13H2,1-2H3,(H,23,26)(H2,21,22,24,25). The van der Waals surface area contributed by atoms with Crippen LogP contribution in [-0.2, 0) is 11.3 Å². The second kappa shape index (κ2) is 8.11. The first-order valence-corrected chi connectivity index (χ1v) is 8.35. The van der Waals surface area contributed by atoms with Crippen LogP contribution in [0, 0.1) is 6.92 Å². The molecule has 0 aliphatic heterocycles. The summed E-state index contributed by atoms with van der Waals surface area (Å²) in [5, 5.41) is 9.20. The summed E-state index contributed by atoms with van der Waals surface area (Å²) in [6, 6.07) is 17.6. The number of aromatic nitrogens is 2. The Balaban J connectivity index is 1.65. The number of nitrogens with zero attached hydrogens (tertiary/aromatic N) is 2. The third-order valence-corrected chi connectivity index (χ3v) is 3.69. The zero-order valence-corrected chi connectivity index (χ0v) is 14.8. The van der Waals surface area contributed by atoms with E-state index in [0.29, 0.717) is 12.5 Å². The van der Waals surface area contributed by atoms with Crippen LogP contribution in [0.2, 0.25) is 0 Å². The summed E-state index contributed by atoms with van der Waals surface area (Å²) in [6.45, 7) is 4.24. The molecule has 0 saturated carbocycles. The number of carbonyl (C=O) groups is 1. The molecular formula is C20H21N5O. The molecule has 0 spiro atoms. The highest BCUT2D eigenvalue weighted by Crippen LogP contribution is 2.19. The first-order chi connectivity index (χ1) is 12.6. The molecule has 1 amide bonds. The van der Waals surface area contributed by atoms with E-state index < -0.39 is 0 Å². The van der Waals surface area contributed by atoms with Crippen molar-refractivity contribution in [3.63, 3.8) is 0 Å². The molecule has 0 unspecified atom stereocenters. The predicted molar refractivity (Wildman–Crippen MR) is 105 cm³/mol. The number of amides is 1. The maximum atomic E-state index is 11.2. The Labute approximate surface area is 152 Å². The fourth-order valence-corrected chi connectivity index (χ4v) is 2.42. The molecule has 0 bridgehead atoms. The number of hydrogen-bond donors (Lipinski definition) is 3. The maximum absolute atomic E-state index is 11.2. The highest BCUT2D eigenvalue weighted by atomic mass is 16.1. The van der Waals surface area contributed by atoms with Crippen molar-refractivity contribution in [3.05, 3.63) is 71.9 Å². The molecule has 0 aliphatic carbocycles. The molecule has 0 atom stereocenters. The molecule has 1 heterocycles. The summed E-state index contributed by atoms with van der Waals surface area (Å²) < 4.78 is 0. The topological polar surface area (TPSA) is 78.9 Å². The predicted octanol–water partition coefficient (Wildman–Crippen LogP) is 4.10. The van der Waals surface area contributed by atoms with Gasteiger partial charge in [0.2, 0.25) is 11.9 Å². The number of carbonyl (C=O) groups excluding carboxylic acids is 1. The van der Waals surface area contributed by atoms with Gasteiger partial charge in [-0.15, -0.1) is 0 Å². The quantitative estimate of drug-likeness (QED) is 0.626. The smallest absolute Gasteiger partial charge is 0.229 e. The van der Waals surface area contributed by atoms with Crippen molar-refractivity contribution in [2.75, 3.05) is 16.0 Å². The lowest BCUT2D eigenvalue weighted by atomic mass is 10.1. The molecule has 3 N–H and O–H groups in total. The van der Waals surface area contributed by atoms with Crippen LogP contribution in [0.25, 0.3) is 0 Å². The van der Waals surface area contributed by atoms with Crippen LogP contribution in [0.15, 0.2) is 60.8 Å². The summed E-state index contributed by atoms with van der Waals surface area (Å²) in [5.41, 5.74) is 3.94. The molecule has 6 heteroatoms. The van der Waals surface area contributed by atoms with Crippen LogP contribution in [-0.4, -0.2) is 15.9 Å². The molecule has 0 fully saturated rings. The van der Waals surface area contributed by atoms with E-state index >= 15 is 0 Å². The minimum absolute atomic E-state index is 0.110. The Kier molecular flexibility index (Phi) is 5.43. The monoisotopic (exact) mass is 347 g/mol. The Morgan fingerprint density at radius 3 is 2.58 bits per heavy atom. The number of benzene rings is 2. The van der Waals surface area contributed by atoms with E-state index in [-0.39, 0.29) is 5.91 Å². The molecule has 1 aromatic heterocycles. The second-order valence-corrected chi connectivity index (χ2v) is 5.99. The molecular weight excluding hydrogens is 326 g/mol. The molecule has 3 aromatic rings. The molecule has 0 radical (unpaired) electrons. The van der Waals surface area contributed by atoms with Crippen molar-refractivity contribution >= 4 is 29.0 Å². The SMILES string of the molecule is CC(=O)Nc1cccc(Nc2nccc(NCc3ccc(C)cc3)n2)c1. The van der Waals surface area contributed by atoms with Crippen LogP contribution in [0.3, 0.4) is 0 Å². The van der Waals surface area contributed by atoms with Crippen LogP contribution < -0.4 is 16.0 Å². The molecule has 132 valence electrons. The molecule has 0 aliphatic rings. The highest BCUT2D eigenvalue weighted by Gasteiger charge is 2.02. The van der Waals surface area contributed by atoms with Gasteiger partial charge >= 0.3 is 0 Å². The molecule has 6 nitrogen and oxygen atoms in total. The van der Waals surface area contributed by atoms with E-state index in [0.717, 1.165) is 17.2 Å². The fourth-order valence-electron chi connectivity index (χ4n) is 2.42. The van der Waals surface area contributed by atoms with E-state index in [4.69, 9.17) is 0 Å². The van der Waals surface area contributed by atoms with Crippen molar-refractivity contribution in [1.82, 2.24) is 9.97 Å². The van der Waals surface area contributed by atoms with Gasteiger partial charge in [0.05, 0.1) is 0 Å². The Bertz CT molecular complexity index is 893. The molecule has 2 aromatic carbocycles. The number of aryl methyl sites for hydroxylation is 1. The summed E-state index contributed by atoms with van der Waals surface area (Å²) in [6.07, 6.45) is 1.70. The lowest BCUT2D eigenvalue weighted by Crippen LogP contribution is -2.06. The summed E-state index contributed by atoms with van der Waals surface area (Å²) in [7, 11) is 0. The van der Waals surface area contributed by atoms with E-state index in [1.54, 1.807) is 6.20 Å². The number of rotatable bonds is 6. The molecule has 26 heavy (non-hydrogen) atoms. The summed E-state index contributed by atoms with van der Waals surface area (Å²) >= 11 is 0. The molecule has 3 rings (SSSR count). The average molecular weight is 347 g/mol. The Hall–Kier alpha value is -3.41. The first kappa shape index (κ1) is 17.4. The van der Waals surface area contributed by atoms with Gasteiger partial charge in [0.15, 0.2) is 0 Å². The molecule has 0 saturated heterocycles. The van der Waals surface area contributed by atoms with Crippen LogP contribution in [0.5, 0.6) is 0 Å². The van der Waals surface area contributed by atoms with Gasteiger partial charge in [0.25, 0.3) is 0 Å². The van der Waals surface area contributed by atoms with E-state index in [9.17, 15) is 4.79 Å². The van der Waals surface area contributed by atoms with E-state index in [1.165, 1.54) is 18.1 Å². The normalized spacial score (nSPS) is 10.2. The van der Waals surface area contributed by atoms with E-state index in [2.05, 4.69) is 57.1 Å². The van der Waals surface area contributed by atoms with Gasteiger partial charge < -0.3 is 16.0 Å². The van der Waals surface area contributed by atoms with Gasteiger partial charge in [-0.1, -0.05) is 35.9 Å². The van der Waals surface area contributed by atoms with Gasteiger partial charge in [-0.25, -0.2) is 4.98 Å². The van der Waals surface area contributed by atoms with Gasteiger partial charge in [0, 0.05) is 31.0 Å². The second-order valence-electron chi connectivity index (χ2n) is 5.99. The van der Waals surface area contributed by atoms with Crippen molar-refractivity contribution in [2.24, 2.45) is 0 Å². The fraction of sp³-hybridized carbons (Fsp3) is 0.150. The number of hydrogen-bond acceptors (Lipinski definition) is 5. The van der Waals surface area contributed by atoms with Crippen molar-refractivity contribution in [2.45, 2.75) is 20.4 Å². The zero-order valence-electron chi connectivity index (χ0n) is 14.8. The Morgan fingerprint density at radius 1 is 1.04 bits per heavy atom. The average Bonchev–Trinajstić information content (AvgIpc) is 2.61. The maximum Gasteiger partial charge on any atom is 0.229 e.